The van der Waals surface area contributed by atoms with Crippen LogP contribution >= 0.6 is 11.3 Å². The van der Waals surface area contributed by atoms with Gasteiger partial charge in [0.15, 0.2) is 0 Å². The number of hydrogen-bond acceptors (Lipinski definition) is 5. The van der Waals surface area contributed by atoms with Crippen molar-refractivity contribution in [3.8, 4) is 5.69 Å². The fourth-order valence-electron chi connectivity index (χ4n) is 4.14. The van der Waals surface area contributed by atoms with Crippen LogP contribution in [-0.4, -0.2) is 34.5 Å². The van der Waals surface area contributed by atoms with E-state index in [0.717, 1.165) is 35.2 Å². The second-order valence-electron chi connectivity index (χ2n) is 7.95. The van der Waals surface area contributed by atoms with E-state index in [1.54, 1.807) is 35.7 Å². The lowest BCUT2D eigenvalue weighted by atomic mass is 9.97. The lowest BCUT2D eigenvalue weighted by Gasteiger charge is -2.15. The van der Waals surface area contributed by atoms with Gasteiger partial charge in [0.05, 0.1) is 16.6 Å². The molecule has 2 heterocycles. The summed E-state index contributed by atoms with van der Waals surface area (Å²) in [4.78, 5) is 51.9. The Balaban J connectivity index is 1.68. The van der Waals surface area contributed by atoms with Gasteiger partial charge in [-0.1, -0.05) is 23.8 Å². The first-order chi connectivity index (χ1) is 16.0. The number of carbonyl (C=O) groups is 2. The van der Waals surface area contributed by atoms with Crippen LogP contribution in [0.4, 0.5) is 0 Å². The lowest BCUT2D eigenvalue weighted by Crippen LogP contribution is -2.42. The molecule has 172 valence electrons. The van der Waals surface area contributed by atoms with E-state index >= 15 is 0 Å². The summed E-state index contributed by atoms with van der Waals surface area (Å²) in [5.41, 5.74) is 0.758. The Kier molecular flexibility index (Phi) is 6.88. The van der Waals surface area contributed by atoms with Crippen LogP contribution in [0.3, 0.4) is 0 Å². The Morgan fingerprint density at radius 1 is 1.12 bits per heavy atom. The zero-order valence-electron chi connectivity index (χ0n) is 18.4. The van der Waals surface area contributed by atoms with Gasteiger partial charge in [-0.05, 0) is 55.7 Å². The highest BCUT2D eigenvalue weighted by Gasteiger charge is 2.21. The van der Waals surface area contributed by atoms with Gasteiger partial charge in [-0.15, -0.1) is 11.3 Å². The summed E-state index contributed by atoms with van der Waals surface area (Å²) in [6, 6.07) is 8.25. The van der Waals surface area contributed by atoms with Crippen molar-refractivity contribution in [1.29, 1.82) is 0 Å². The fourth-order valence-corrected chi connectivity index (χ4v) is 4.96. The molecular formula is C24H26N4O4S. The number of benzene rings is 1. The molecule has 9 heteroatoms. The highest BCUT2D eigenvalue weighted by atomic mass is 32.1. The van der Waals surface area contributed by atoms with Crippen molar-refractivity contribution in [3.63, 3.8) is 0 Å². The van der Waals surface area contributed by atoms with Crippen molar-refractivity contribution < 1.29 is 9.59 Å². The first-order valence-electron chi connectivity index (χ1n) is 11.0. The van der Waals surface area contributed by atoms with E-state index in [9.17, 15) is 19.2 Å². The molecule has 1 aliphatic rings. The Morgan fingerprint density at radius 3 is 2.70 bits per heavy atom. The van der Waals surface area contributed by atoms with Crippen molar-refractivity contribution in [2.45, 2.75) is 38.6 Å². The molecule has 0 aliphatic heterocycles. The van der Waals surface area contributed by atoms with Crippen LogP contribution in [0, 0.1) is 0 Å². The second-order valence-corrected chi connectivity index (χ2v) is 8.86. The van der Waals surface area contributed by atoms with Crippen molar-refractivity contribution in [3.05, 3.63) is 73.1 Å². The molecule has 2 amide bonds. The van der Waals surface area contributed by atoms with Gasteiger partial charge in [0.1, 0.15) is 11.4 Å². The topological polar surface area (TPSA) is 102 Å². The predicted molar refractivity (Wildman–Crippen MR) is 129 cm³/mol. The summed E-state index contributed by atoms with van der Waals surface area (Å²) in [6.07, 6.45) is 7.60. The maximum atomic E-state index is 13.4. The van der Waals surface area contributed by atoms with Crippen LogP contribution in [0.2, 0.25) is 0 Å². The number of fused-ring (bicyclic) bond motifs is 1. The van der Waals surface area contributed by atoms with Crippen LogP contribution in [0.1, 0.15) is 41.8 Å². The van der Waals surface area contributed by atoms with Crippen molar-refractivity contribution in [2.75, 3.05) is 13.6 Å². The molecule has 0 unspecified atom stereocenters. The monoisotopic (exact) mass is 466 g/mol. The van der Waals surface area contributed by atoms with Crippen LogP contribution in [0.25, 0.3) is 16.6 Å². The number of carbonyl (C=O) groups excluding carboxylic acids is 2. The Bertz CT molecular complexity index is 1350. The molecule has 0 radical (unpaired) electrons. The molecule has 0 spiro atoms. The molecule has 33 heavy (non-hydrogen) atoms. The maximum Gasteiger partial charge on any atom is 0.336 e. The number of rotatable bonds is 7. The van der Waals surface area contributed by atoms with Crippen LogP contribution in [0.15, 0.2) is 57.0 Å². The first kappa shape index (κ1) is 22.7. The van der Waals surface area contributed by atoms with E-state index in [-0.39, 0.29) is 28.9 Å². The summed E-state index contributed by atoms with van der Waals surface area (Å²) in [5.74, 6) is -0.693. The van der Waals surface area contributed by atoms with Gasteiger partial charge < -0.3 is 10.6 Å². The largest absolute Gasteiger partial charge is 0.354 e. The smallest absolute Gasteiger partial charge is 0.336 e. The summed E-state index contributed by atoms with van der Waals surface area (Å²) in [6.45, 7) is 0.278. The second kappa shape index (κ2) is 9.99. The average Bonchev–Trinajstić information content (AvgIpc) is 3.31. The van der Waals surface area contributed by atoms with Gasteiger partial charge in [-0.25, -0.2) is 9.36 Å². The van der Waals surface area contributed by atoms with Gasteiger partial charge >= 0.3 is 5.69 Å². The first-order valence-corrected chi connectivity index (χ1v) is 11.9. The van der Waals surface area contributed by atoms with E-state index in [0.29, 0.717) is 17.4 Å². The molecule has 0 saturated carbocycles. The molecule has 0 atom stereocenters. The molecule has 1 aliphatic carbocycles. The Morgan fingerprint density at radius 2 is 1.94 bits per heavy atom. The minimum absolute atomic E-state index is 0.207. The summed E-state index contributed by atoms with van der Waals surface area (Å²) >= 11 is 1.14. The number of aromatic nitrogens is 2. The van der Waals surface area contributed by atoms with Gasteiger partial charge in [-0.2, -0.15) is 0 Å². The molecule has 1 aromatic carbocycles. The third kappa shape index (κ3) is 4.68. The van der Waals surface area contributed by atoms with Gasteiger partial charge in [0.2, 0.25) is 5.91 Å². The highest BCUT2D eigenvalue weighted by molar-refractivity contribution is 7.12. The normalized spacial score (nSPS) is 13.5. The quantitative estimate of drug-likeness (QED) is 0.523. The third-order valence-electron chi connectivity index (χ3n) is 5.82. The van der Waals surface area contributed by atoms with Crippen LogP contribution < -0.4 is 21.9 Å². The number of thiophene rings is 1. The van der Waals surface area contributed by atoms with Crippen LogP contribution in [0.5, 0.6) is 0 Å². The average molecular weight is 467 g/mol. The SMILES string of the molecule is CNC(=O)c1sccc1-n1c(=O)c2ccccc2n(CC(=O)NCCC2=CCCCC2)c1=O. The fraction of sp³-hybridized carbons (Fsp3) is 0.333. The molecule has 2 aromatic heterocycles. The maximum absolute atomic E-state index is 13.4. The molecule has 8 nitrogen and oxygen atoms in total. The van der Waals surface area contributed by atoms with Crippen molar-refractivity contribution >= 4 is 34.1 Å². The summed E-state index contributed by atoms with van der Waals surface area (Å²) in [5, 5.41) is 7.37. The lowest BCUT2D eigenvalue weighted by molar-refractivity contribution is -0.121. The number of nitrogens with zero attached hydrogens (tertiary/aromatic N) is 2. The highest BCUT2D eigenvalue weighted by Crippen LogP contribution is 2.20. The molecule has 3 aromatic rings. The van der Waals surface area contributed by atoms with Crippen molar-refractivity contribution in [1.82, 2.24) is 19.8 Å². The van der Waals surface area contributed by atoms with Crippen molar-refractivity contribution in [2.24, 2.45) is 0 Å². The number of allylic oxidation sites excluding steroid dienone is 1. The van der Waals surface area contributed by atoms with Crippen LogP contribution in [-0.2, 0) is 11.3 Å². The standard InChI is InChI=1S/C24H26N4O4S/c1-25-22(30)21-19(12-14-33-21)28-23(31)17-9-5-6-10-18(17)27(24(28)32)15-20(29)26-13-11-16-7-3-2-4-8-16/h5-7,9-10,12,14H,2-4,8,11,13,15H2,1H3,(H,25,30)(H,26,29). The van der Waals surface area contributed by atoms with E-state index in [2.05, 4.69) is 16.7 Å². The molecule has 0 bridgehead atoms. The zero-order chi connectivity index (χ0) is 23.4. The number of nitrogens with one attached hydrogen (secondary N) is 2. The molecule has 2 N–H and O–H groups in total. The minimum atomic E-state index is -0.660. The van der Waals surface area contributed by atoms with E-state index in [1.165, 1.54) is 30.0 Å². The molecule has 0 fully saturated rings. The molecule has 0 saturated heterocycles. The van der Waals surface area contributed by atoms with E-state index < -0.39 is 11.2 Å². The zero-order valence-corrected chi connectivity index (χ0v) is 19.2. The third-order valence-corrected chi connectivity index (χ3v) is 6.73. The van der Waals surface area contributed by atoms with Gasteiger partial charge in [0.25, 0.3) is 11.5 Å². The summed E-state index contributed by atoms with van der Waals surface area (Å²) in [7, 11) is 1.49. The Hall–Kier alpha value is -3.46. The molecule has 4 rings (SSSR count). The van der Waals surface area contributed by atoms with E-state index in [4.69, 9.17) is 0 Å². The Labute approximate surface area is 194 Å². The summed E-state index contributed by atoms with van der Waals surface area (Å²) < 4.78 is 2.26. The van der Waals surface area contributed by atoms with Gasteiger partial charge in [-0.3, -0.25) is 19.0 Å². The number of hydrogen-bond donors (Lipinski definition) is 2. The number of para-hydroxylation sites is 1. The minimum Gasteiger partial charge on any atom is -0.354 e. The van der Waals surface area contributed by atoms with Gasteiger partial charge in [0, 0.05) is 13.6 Å². The number of amides is 2. The molecular weight excluding hydrogens is 440 g/mol. The predicted octanol–water partition coefficient (Wildman–Crippen LogP) is 2.58. The van der Waals surface area contributed by atoms with E-state index in [1.807, 2.05) is 0 Å².